The second-order valence-corrected chi connectivity index (χ2v) is 15.9. The maximum atomic E-state index is 14.3. The number of benzene rings is 2. The molecule has 0 spiro atoms. The van der Waals surface area contributed by atoms with E-state index in [-0.39, 0.29) is 71.7 Å². The van der Waals surface area contributed by atoms with E-state index >= 15 is 0 Å². The van der Waals surface area contributed by atoms with Crippen molar-refractivity contribution in [3.05, 3.63) is 98.1 Å². The number of thiophene rings is 1. The van der Waals surface area contributed by atoms with Crippen molar-refractivity contribution in [3.8, 4) is 5.69 Å². The van der Waals surface area contributed by atoms with Crippen molar-refractivity contribution in [1.29, 1.82) is 0 Å². The highest BCUT2D eigenvalue weighted by molar-refractivity contribution is 7.17. The molecule has 2 aromatic heterocycles. The molecule has 0 radical (unpaired) electrons. The summed E-state index contributed by atoms with van der Waals surface area (Å²) < 4.78 is 42.0. The van der Waals surface area contributed by atoms with Crippen LogP contribution in [0.3, 0.4) is 0 Å². The van der Waals surface area contributed by atoms with Gasteiger partial charge in [0, 0.05) is 62.3 Å². The molecular formula is C41H45ClF3N7O8S. The fourth-order valence-corrected chi connectivity index (χ4v) is 8.47. The number of nitrogens with one attached hydrogen (secondary N) is 2. The Morgan fingerprint density at radius 1 is 0.984 bits per heavy atom. The number of carboxylic acids is 2. The zero-order valence-corrected chi connectivity index (χ0v) is 35.1. The topological polar surface area (TPSA) is 194 Å². The number of hydrogen-bond acceptors (Lipinski definition) is 9. The van der Waals surface area contributed by atoms with Gasteiger partial charge in [-0.2, -0.15) is 18.3 Å². The van der Waals surface area contributed by atoms with Gasteiger partial charge in [0.1, 0.15) is 11.5 Å². The number of likely N-dealkylation sites (N-methyl/N-ethyl adjacent to an activating group) is 1. The van der Waals surface area contributed by atoms with E-state index in [1.54, 1.807) is 25.2 Å². The number of carbonyl (C=O) groups excluding carboxylic acids is 4. The molecule has 0 fully saturated rings. The minimum atomic E-state index is -4.74. The number of rotatable bonds is 18. The van der Waals surface area contributed by atoms with E-state index in [1.807, 2.05) is 6.07 Å². The summed E-state index contributed by atoms with van der Waals surface area (Å²) in [5.41, 5.74) is 0.685. The molecule has 4 N–H and O–H groups in total. The highest BCUT2D eigenvalue weighted by Crippen LogP contribution is 2.39. The molecular weight excluding hydrogens is 843 g/mol. The van der Waals surface area contributed by atoms with E-state index in [1.165, 1.54) is 28.3 Å². The first kappa shape index (κ1) is 46.3. The molecule has 0 bridgehead atoms. The monoisotopic (exact) mass is 887 g/mol. The fraction of sp³-hybridized carbons (Fsp3) is 0.390. The van der Waals surface area contributed by atoms with Gasteiger partial charge in [0.25, 0.3) is 5.91 Å². The molecule has 0 unspecified atom stereocenters. The Labute approximate surface area is 358 Å². The van der Waals surface area contributed by atoms with Crippen LogP contribution in [0, 0.1) is 0 Å². The van der Waals surface area contributed by atoms with Crippen LogP contribution >= 0.6 is 22.9 Å². The van der Waals surface area contributed by atoms with E-state index < -0.39 is 53.0 Å². The Morgan fingerprint density at radius 2 is 1.72 bits per heavy atom. The third-order valence-electron chi connectivity index (χ3n) is 10.3. The Morgan fingerprint density at radius 3 is 2.39 bits per heavy atom. The van der Waals surface area contributed by atoms with Crippen molar-refractivity contribution in [3.63, 3.8) is 0 Å². The third-order valence-corrected chi connectivity index (χ3v) is 11.8. The molecule has 4 amide bonds. The lowest BCUT2D eigenvalue weighted by atomic mass is 9.97. The summed E-state index contributed by atoms with van der Waals surface area (Å²) in [6, 6.07) is 9.67. The van der Waals surface area contributed by atoms with E-state index in [2.05, 4.69) is 34.5 Å². The molecule has 0 atom stereocenters. The van der Waals surface area contributed by atoms with Crippen molar-refractivity contribution >= 4 is 63.5 Å². The standard InChI is InChI=1S/C41H45ClF3N7O8S/c1-4-27(5-2)50(16-15-49(3)33(53)11-12-34(54)55)21-24-7-6-8-25(17-24)38(59)48-39-36(29-13-14-51(23-32(29)61-39)40(60)46-20-35(56)57)37(58)26-19-47-52(22-26)28-9-10-31(42)30(18-28)41(43,44)45/h6-10,17-19,22,27H,4-5,11-16,20-21,23H2,1-3H3,(H,46,60)(H,48,59)(H,54,55)(H,56,57). The maximum Gasteiger partial charge on any atom is 0.417 e. The van der Waals surface area contributed by atoms with Crippen LogP contribution in [0.1, 0.15) is 87.4 Å². The van der Waals surface area contributed by atoms with Crippen LogP contribution in [0.15, 0.2) is 54.9 Å². The van der Waals surface area contributed by atoms with Gasteiger partial charge < -0.3 is 30.6 Å². The Balaban J connectivity index is 1.42. The minimum absolute atomic E-state index is 0.00134. The van der Waals surface area contributed by atoms with Crippen molar-refractivity contribution in [2.24, 2.45) is 0 Å². The number of aliphatic carboxylic acids is 2. The number of nitrogens with zero attached hydrogens (tertiary/aromatic N) is 5. The number of anilines is 1. The molecule has 1 aliphatic heterocycles. The Kier molecular flexibility index (Phi) is 15.3. The van der Waals surface area contributed by atoms with Crippen molar-refractivity contribution in [2.75, 3.05) is 38.5 Å². The summed E-state index contributed by atoms with van der Waals surface area (Å²) in [7, 11) is 1.63. The highest BCUT2D eigenvalue weighted by atomic mass is 35.5. The molecule has 2 aromatic carbocycles. The summed E-state index contributed by atoms with van der Waals surface area (Å²) in [5.74, 6) is -3.67. The molecule has 1 aliphatic rings. The average molecular weight is 888 g/mol. The zero-order valence-electron chi connectivity index (χ0n) is 33.6. The predicted molar refractivity (Wildman–Crippen MR) is 220 cm³/mol. The maximum absolute atomic E-state index is 14.3. The summed E-state index contributed by atoms with van der Waals surface area (Å²) in [6.45, 7) is 4.93. The molecule has 0 saturated heterocycles. The Hall–Kier alpha value is -5.79. The van der Waals surface area contributed by atoms with E-state index in [0.717, 1.165) is 46.6 Å². The van der Waals surface area contributed by atoms with Crippen LogP contribution in [0.2, 0.25) is 5.02 Å². The molecule has 0 saturated carbocycles. The Bertz CT molecular complexity index is 2290. The van der Waals surface area contributed by atoms with Crippen molar-refractivity contribution in [2.45, 2.75) is 71.3 Å². The van der Waals surface area contributed by atoms with Crippen LogP contribution in [0.25, 0.3) is 5.69 Å². The summed E-state index contributed by atoms with van der Waals surface area (Å²) >= 11 is 6.88. The number of fused-ring (bicyclic) bond motifs is 1. The zero-order chi connectivity index (χ0) is 44.6. The first-order valence-electron chi connectivity index (χ1n) is 19.4. The number of halogens is 4. The van der Waals surface area contributed by atoms with Gasteiger partial charge in [0.05, 0.1) is 46.6 Å². The van der Waals surface area contributed by atoms with Gasteiger partial charge in [0.15, 0.2) is 5.78 Å². The number of amides is 4. The van der Waals surface area contributed by atoms with Crippen LogP contribution < -0.4 is 10.6 Å². The van der Waals surface area contributed by atoms with Gasteiger partial charge in [-0.1, -0.05) is 37.6 Å². The first-order chi connectivity index (χ1) is 28.9. The molecule has 3 heterocycles. The van der Waals surface area contributed by atoms with Gasteiger partial charge in [-0.05, 0) is 60.7 Å². The number of carbonyl (C=O) groups is 6. The van der Waals surface area contributed by atoms with Crippen LogP contribution in [0.5, 0.6) is 0 Å². The molecule has 5 rings (SSSR count). The SMILES string of the molecule is CCC(CC)N(CCN(C)C(=O)CCC(=O)O)Cc1cccc(C(=O)Nc2sc3c(c2C(=O)c2cnn(-c4ccc(Cl)c(C(F)(F)F)c4)c2)CCN(C(=O)NCC(=O)O)C3)c1. The predicted octanol–water partition coefficient (Wildman–Crippen LogP) is 6.56. The number of hydrogen-bond donors (Lipinski definition) is 4. The number of carboxylic acid groups (broad SMARTS) is 2. The second-order valence-electron chi connectivity index (χ2n) is 14.4. The van der Waals surface area contributed by atoms with Crippen molar-refractivity contribution in [1.82, 2.24) is 29.8 Å². The van der Waals surface area contributed by atoms with E-state index in [0.29, 0.717) is 30.1 Å². The van der Waals surface area contributed by atoms with Crippen LogP contribution in [-0.4, -0.2) is 110 Å². The van der Waals surface area contributed by atoms with E-state index in [4.69, 9.17) is 21.8 Å². The molecule has 0 aliphatic carbocycles. The lowest BCUT2D eigenvalue weighted by Crippen LogP contribution is -2.44. The van der Waals surface area contributed by atoms with Gasteiger partial charge >= 0.3 is 24.1 Å². The largest absolute Gasteiger partial charge is 0.481 e. The number of urea groups is 1. The quantitative estimate of drug-likeness (QED) is 0.0796. The number of alkyl halides is 3. The highest BCUT2D eigenvalue weighted by Gasteiger charge is 2.34. The van der Waals surface area contributed by atoms with Gasteiger partial charge in [-0.15, -0.1) is 11.3 Å². The molecule has 4 aromatic rings. The van der Waals surface area contributed by atoms with Crippen LogP contribution in [0.4, 0.5) is 23.0 Å². The molecule has 20 heteroatoms. The number of ketones is 1. The van der Waals surface area contributed by atoms with Gasteiger partial charge in [0.2, 0.25) is 5.91 Å². The van der Waals surface area contributed by atoms with Crippen molar-refractivity contribution < 1.29 is 52.2 Å². The second kappa shape index (κ2) is 20.2. The normalized spacial score (nSPS) is 12.6. The van der Waals surface area contributed by atoms with Crippen LogP contribution in [-0.2, 0) is 40.1 Å². The summed E-state index contributed by atoms with van der Waals surface area (Å²) in [4.78, 5) is 81.4. The van der Waals surface area contributed by atoms with Gasteiger partial charge in [-0.25, -0.2) is 9.48 Å². The number of aromatic nitrogens is 2. The summed E-state index contributed by atoms with van der Waals surface area (Å²) in [5, 5.41) is 27.0. The molecule has 15 nitrogen and oxygen atoms in total. The summed E-state index contributed by atoms with van der Waals surface area (Å²) in [6.07, 6.45) is -0.817. The third kappa shape index (κ3) is 11.7. The van der Waals surface area contributed by atoms with E-state index in [9.17, 15) is 41.9 Å². The minimum Gasteiger partial charge on any atom is -0.481 e. The first-order valence-corrected chi connectivity index (χ1v) is 20.5. The lowest BCUT2D eigenvalue weighted by Gasteiger charge is -2.32. The lowest BCUT2D eigenvalue weighted by molar-refractivity contribution is -0.140. The molecule has 326 valence electrons. The average Bonchev–Trinajstić information content (AvgIpc) is 3.86. The fourth-order valence-electron chi connectivity index (χ4n) is 6.99. The van der Waals surface area contributed by atoms with Gasteiger partial charge in [-0.3, -0.25) is 28.9 Å². The molecule has 61 heavy (non-hydrogen) atoms. The smallest absolute Gasteiger partial charge is 0.417 e.